The van der Waals surface area contributed by atoms with Gasteiger partial charge in [-0.1, -0.05) is 112 Å². The van der Waals surface area contributed by atoms with Crippen LogP contribution in [0.25, 0.3) is 75.1 Å². The van der Waals surface area contributed by atoms with Gasteiger partial charge in [-0.05, 0) is 133 Å². The molecule has 238 valence electrons. The average Bonchev–Trinajstić information content (AvgIpc) is 3.53. The van der Waals surface area contributed by atoms with Gasteiger partial charge in [-0.2, -0.15) is 0 Å². The van der Waals surface area contributed by atoms with E-state index in [1.54, 1.807) is 0 Å². The maximum atomic E-state index is 2.42. The molecule has 1 nitrogen and oxygen atoms in total. The molecular formula is C48H35NS. The van der Waals surface area contributed by atoms with Gasteiger partial charge in [0.2, 0.25) is 0 Å². The fraction of sp³-hybridized carbons (Fsp3) is 0.0833. The van der Waals surface area contributed by atoms with E-state index in [4.69, 9.17) is 0 Å². The number of fused-ring (bicyclic) bond motifs is 9. The van der Waals surface area contributed by atoms with Crippen LogP contribution >= 0.6 is 11.3 Å². The monoisotopic (exact) mass is 657 g/mol. The molecule has 8 aromatic carbocycles. The molecule has 1 aliphatic carbocycles. The fourth-order valence-electron chi connectivity index (χ4n) is 7.81. The van der Waals surface area contributed by atoms with E-state index in [0.29, 0.717) is 0 Å². The minimum atomic E-state index is 0.148. The third-order valence-electron chi connectivity index (χ3n) is 10.5. The number of para-hydroxylation sites is 1. The van der Waals surface area contributed by atoms with Crippen molar-refractivity contribution in [2.75, 3.05) is 4.90 Å². The Morgan fingerprint density at radius 2 is 1.04 bits per heavy atom. The second kappa shape index (κ2) is 10.9. The summed E-state index contributed by atoms with van der Waals surface area (Å²) in [6, 6.07) is 58.7. The zero-order valence-electron chi connectivity index (χ0n) is 28.4. The second-order valence-corrected chi connectivity index (χ2v) is 15.7. The van der Waals surface area contributed by atoms with Crippen molar-refractivity contribution < 1.29 is 0 Å². The molecule has 10 rings (SSSR count). The molecule has 0 saturated heterocycles. The van der Waals surface area contributed by atoms with Crippen molar-refractivity contribution in [3.05, 3.63) is 163 Å². The fourth-order valence-corrected chi connectivity index (χ4v) is 9.01. The van der Waals surface area contributed by atoms with Gasteiger partial charge in [-0.25, -0.2) is 0 Å². The standard InChI is InChI=1S/C48H35NS/c1-48(2,3)36-21-18-30(19-22-36)31-16-17-32-26-41-42-27-33-20-23-38(25-35(33)29-44(42)43(41)28-34(32)24-31)49(37-10-5-4-6-11-37)45-14-9-13-40-39-12-7-8-15-46(39)50-47(40)45/h4-29H,1-3H3. The number of thiophene rings is 1. The van der Waals surface area contributed by atoms with Gasteiger partial charge in [0.25, 0.3) is 0 Å². The summed E-state index contributed by atoms with van der Waals surface area (Å²) in [5, 5.41) is 7.71. The van der Waals surface area contributed by atoms with E-state index in [0.717, 1.165) is 11.4 Å². The lowest BCUT2D eigenvalue weighted by atomic mass is 9.77. The number of hydrogen-bond donors (Lipinski definition) is 0. The van der Waals surface area contributed by atoms with Crippen molar-refractivity contribution in [3.8, 4) is 33.4 Å². The van der Waals surface area contributed by atoms with Gasteiger partial charge in [0.15, 0.2) is 0 Å². The summed E-state index contributed by atoms with van der Waals surface area (Å²) in [7, 11) is 0. The van der Waals surface area contributed by atoms with Crippen LogP contribution in [0.3, 0.4) is 0 Å². The zero-order chi connectivity index (χ0) is 33.6. The van der Waals surface area contributed by atoms with Crippen LogP contribution in [0.15, 0.2) is 158 Å². The molecule has 0 N–H and O–H groups in total. The van der Waals surface area contributed by atoms with E-state index in [1.807, 2.05) is 11.3 Å². The summed E-state index contributed by atoms with van der Waals surface area (Å²) >= 11 is 1.88. The zero-order valence-corrected chi connectivity index (χ0v) is 29.2. The van der Waals surface area contributed by atoms with E-state index in [1.165, 1.54) is 86.3 Å². The molecule has 0 saturated carbocycles. The third-order valence-corrected chi connectivity index (χ3v) is 11.7. The Labute approximate surface area is 296 Å². The minimum absolute atomic E-state index is 0.148. The molecule has 2 heteroatoms. The Morgan fingerprint density at radius 1 is 0.440 bits per heavy atom. The molecule has 50 heavy (non-hydrogen) atoms. The molecule has 0 radical (unpaired) electrons. The SMILES string of the molecule is CC(C)(C)c1ccc(-c2ccc3cc4c(cc3c2)-c2cc3cc(N(c5ccccc5)c5cccc6c5sc5ccccc56)ccc3cc2-4)cc1. The van der Waals surface area contributed by atoms with Crippen molar-refractivity contribution in [1.82, 2.24) is 0 Å². The summed E-state index contributed by atoms with van der Waals surface area (Å²) in [6.07, 6.45) is 0. The Morgan fingerprint density at radius 3 is 1.76 bits per heavy atom. The first kappa shape index (κ1) is 29.2. The second-order valence-electron chi connectivity index (χ2n) is 14.6. The first-order valence-corrected chi connectivity index (χ1v) is 18.2. The van der Waals surface area contributed by atoms with Gasteiger partial charge >= 0.3 is 0 Å². The largest absolute Gasteiger partial charge is 0.309 e. The molecule has 1 heterocycles. The summed E-state index contributed by atoms with van der Waals surface area (Å²) in [5.41, 5.74) is 12.9. The lowest BCUT2D eigenvalue weighted by molar-refractivity contribution is 0.590. The number of anilines is 3. The lowest BCUT2D eigenvalue weighted by Gasteiger charge is -2.28. The average molecular weight is 658 g/mol. The van der Waals surface area contributed by atoms with Crippen LogP contribution < -0.4 is 4.90 Å². The summed E-state index contributed by atoms with van der Waals surface area (Å²) in [5.74, 6) is 0. The van der Waals surface area contributed by atoms with Crippen LogP contribution in [0.1, 0.15) is 26.3 Å². The van der Waals surface area contributed by atoms with Crippen molar-refractivity contribution >= 4 is 70.1 Å². The highest BCUT2D eigenvalue weighted by atomic mass is 32.1. The molecule has 0 aliphatic heterocycles. The van der Waals surface area contributed by atoms with Gasteiger partial charge in [0.05, 0.1) is 10.4 Å². The predicted octanol–water partition coefficient (Wildman–Crippen LogP) is 14.4. The molecule has 1 aromatic heterocycles. The molecule has 9 aromatic rings. The maximum Gasteiger partial charge on any atom is 0.0640 e. The first-order chi connectivity index (χ1) is 24.4. The van der Waals surface area contributed by atoms with Crippen LogP contribution in [-0.2, 0) is 5.41 Å². The van der Waals surface area contributed by atoms with Crippen molar-refractivity contribution in [3.63, 3.8) is 0 Å². The Balaban J connectivity index is 1.07. The number of nitrogens with zero attached hydrogens (tertiary/aromatic N) is 1. The van der Waals surface area contributed by atoms with Gasteiger partial charge in [0, 0.05) is 26.8 Å². The molecule has 0 atom stereocenters. The van der Waals surface area contributed by atoms with Crippen LogP contribution in [-0.4, -0.2) is 0 Å². The summed E-state index contributed by atoms with van der Waals surface area (Å²) < 4.78 is 2.62. The van der Waals surface area contributed by atoms with Crippen molar-refractivity contribution in [2.24, 2.45) is 0 Å². The lowest BCUT2D eigenvalue weighted by Crippen LogP contribution is -2.10. The third kappa shape index (κ3) is 4.60. The smallest absolute Gasteiger partial charge is 0.0640 e. The first-order valence-electron chi connectivity index (χ1n) is 17.4. The normalized spacial score (nSPS) is 12.3. The highest BCUT2D eigenvalue weighted by Gasteiger charge is 2.25. The predicted molar refractivity (Wildman–Crippen MR) is 218 cm³/mol. The Bertz CT molecular complexity index is 2780. The quantitative estimate of drug-likeness (QED) is 0.182. The van der Waals surface area contributed by atoms with Crippen molar-refractivity contribution in [2.45, 2.75) is 26.2 Å². The number of rotatable bonds is 4. The molecule has 0 spiro atoms. The van der Waals surface area contributed by atoms with Gasteiger partial charge in [-0.15, -0.1) is 11.3 Å². The Kier molecular flexibility index (Phi) is 6.37. The Hall–Kier alpha value is -5.70. The van der Waals surface area contributed by atoms with E-state index < -0.39 is 0 Å². The topological polar surface area (TPSA) is 3.24 Å². The molecule has 0 bridgehead atoms. The summed E-state index contributed by atoms with van der Waals surface area (Å²) in [6.45, 7) is 6.80. The van der Waals surface area contributed by atoms with Gasteiger partial charge < -0.3 is 4.90 Å². The van der Waals surface area contributed by atoms with Crippen molar-refractivity contribution in [1.29, 1.82) is 0 Å². The van der Waals surface area contributed by atoms with E-state index in [-0.39, 0.29) is 5.41 Å². The molecule has 0 amide bonds. The maximum absolute atomic E-state index is 2.42. The van der Waals surface area contributed by atoms with E-state index >= 15 is 0 Å². The van der Waals surface area contributed by atoms with E-state index in [2.05, 4.69) is 183 Å². The van der Waals surface area contributed by atoms with Crippen LogP contribution in [0.2, 0.25) is 0 Å². The number of hydrogen-bond acceptors (Lipinski definition) is 2. The van der Waals surface area contributed by atoms with Crippen LogP contribution in [0.4, 0.5) is 17.1 Å². The minimum Gasteiger partial charge on any atom is -0.309 e. The highest BCUT2D eigenvalue weighted by Crippen LogP contribution is 2.51. The number of benzene rings is 8. The van der Waals surface area contributed by atoms with Gasteiger partial charge in [0.1, 0.15) is 0 Å². The van der Waals surface area contributed by atoms with Gasteiger partial charge in [-0.3, -0.25) is 0 Å². The molecular weight excluding hydrogens is 623 g/mol. The molecule has 1 aliphatic rings. The van der Waals surface area contributed by atoms with Crippen LogP contribution in [0, 0.1) is 0 Å². The highest BCUT2D eigenvalue weighted by molar-refractivity contribution is 7.26. The van der Waals surface area contributed by atoms with Crippen LogP contribution in [0.5, 0.6) is 0 Å². The van der Waals surface area contributed by atoms with E-state index in [9.17, 15) is 0 Å². The summed E-state index contributed by atoms with van der Waals surface area (Å²) in [4.78, 5) is 2.42. The molecule has 0 unspecified atom stereocenters. The molecule has 0 fully saturated rings.